The van der Waals surface area contributed by atoms with Crippen LogP contribution in [0, 0.1) is 5.92 Å². The number of hydrogen-bond acceptors (Lipinski definition) is 4. The Balaban J connectivity index is 1.57. The highest BCUT2D eigenvalue weighted by Crippen LogP contribution is 2.19. The molecule has 1 aromatic rings. The molecule has 2 atom stereocenters. The summed E-state index contributed by atoms with van der Waals surface area (Å²) in [6, 6.07) is 6.83. The molecular weight excluding hydrogens is 356 g/mol. The minimum absolute atomic E-state index is 0.0538. The lowest BCUT2D eigenvalue weighted by Gasteiger charge is -2.33. The van der Waals surface area contributed by atoms with E-state index in [4.69, 9.17) is 0 Å². The number of rotatable bonds is 5. The van der Waals surface area contributed by atoms with Crippen LogP contribution in [0.1, 0.15) is 46.4 Å². The first-order chi connectivity index (χ1) is 13.5. The van der Waals surface area contributed by atoms with E-state index in [9.17, 15) is 14.4 Å². The maximum Gasteiger partial charge on any atom is 0.253 e. The first-order valence-corrected chi connectivity index (χ1v) is 10.1. The fraction of sp³-hybridized carbons (Fsp3) is 0.571. The molecule has 2 N–H and O–H groups in total. The lowest BCUT2D eigenvalue weighted by atomic mass is 9.97. The quantitative estimate of drug-likeness (QED) is 0.794. The molecule has 2 heterocycles. The molecule has 7 nitrogen and oxygen atoms in total. The van der Waals surface area contributed by atoms with E-state index < -0.39 is 0 Å². The molecule has 0 radical (unpaired) electrons. The van der Waals surface area contributed by atoms with Gasteiger partial charge < -0.3 is 20.4 Å². The number of benzene rings is 1. The highest BCUT2D eigenvalue weighted by atomic mass is 16.2. The molecule has 3 amide bonds. The lowest BCUT2D eigenvalue weighted by molar-refractivity contribution is -0.123. The van der Waals surface area contributed by atoms with Crippen LogP contribution in [-0.4, -0.2) is 73.8 Å². The largest absolute Gasteiger partial charge is 0.354 e. The summed E-state index contributed by atoms with van der Waals surface area (Å²) in [7, 11) is 3.39. The molecule has 2 saturated heterocycles. The van der Waals surface area contributed by atoms with Gasteiger partial charge in [0.2, 0.25) is 5.91 Å². The van der Waals surface area contributed by atoms with Crippen LogP contribution in [-0.2, 0) is 4.79 Å². The van der Waals surface area contributed by atoms with Gasteiger partial charge in [0.25, 0.3) is 11.8 Å². The van der Waals surface area contributed by atoms with E-state index in [0.29, 0.717) is 30.8 Å². The second kappa shape index (κ2) is 9.19. The van der Waals surface area contributed by atoms with Crippen molar-refractivity contribution in [2.45, 2.75) is 31.7 Å². The predicted octanol–water partition coefficient (Wildman–Crippen LogP) is 1.11. The molecule has 0 aliphatic carbocycles. The van der Waals surface area contributed by atoms with Crippen LogP contribution < -0.4 is 10.6 Å². The minimum atomic E-state index is -0.116. The second-order valence-corrected chi connectivity index (χ2v) is 7.93. The Kier molecular flexibility index (Phi) is 6.67. The van der Waals surface area contributed by atoms with Crippen LogP contribution in [0.25, 0.3) is 0 Å². The smallest absolute Gasteiger partial charge is 0.253 e. The zero-order chi connectivity index (χ0) is 20.1. The van der Waals surface area contributed by atoms with Crippen molar-refractivity contribution in [1.82, 2.24) is 20.4 Å². The average molecular weight is 386 g/mol. The Bertz CT molecular complexity index is 728. The summed E-state index contributed by atoms with van der Waals surface area (Å²) in [5.41, 5.74) is 1.05. The molecule has 2 aliphatic heterocycles. The zero-order valence-corrected chi connectivity index (χ0v) is 16.7. The van der Waals surface area contributed by atoms with Gasteiger partial charge in [0.1, 0.15) is 0 Å². The summed E-state index contributed by atoms with van der Waals surface area (Å²) < 4.78 is 0. The van der Waals surface area contributed by atoms with Crippen LogP contribution in [0.4, 0.5) is 0 Å². The zero-order valence-electron chi connectivity index (χ0n) is 16.7. The van der Waals surface area contributed by atoms with Gasteiger partial charge in [-0.2, -0.15) is 0 Å². The molecule has 1 aromatic carbocycles. The molecule has 2 unspecified atom stereocenters. The van der Waals surface area contributed by atoms with Gasteiger partial charge in [0.05, 0.1) is 6.04 Å². The molecule has 3 rings (SSSR count). The second-order valence-electron chi connectivity index (χ2n) is 7.93. The molecule has 0 aromatic heterocycles. The molecule has 0 saturated carbocycles. The molecule has 152 valence electrons. The van der Waals surface area contributed by atoms with Crippen LogP contribution in [0.3, 0.4) is 0 Å². The molecule has 0 spiro atoms. The van der Waals surface area contributed by atoms with Crippen LogP contribution >= 0.6 is 0 Å². The third-order valence-electron chi connectivity index (χ3n) is 5.51. The average Bonchev–Trinajstić information content (AvgIpc) is 3.26. The van der Waals surface area contributed by atoms with Crippen molar-refractivity contribution >= 4 is 17.7 Å². The maximum atomic E-state index is 12.9. The maximum absolute atomic E-state index is 12.9. The Morgan fingerprint density at radius 3 is 2.68 bits per heavy atom. The van der Waals surface area contributed by atoms with Crippen molar-refractivity contribution in [2.24, 2.45) is 5.92 Å². The SMILES string of the molecule is CN(C)C(=O)c1cccc(C(=O)N2CCCC(CNC(=O)C3CCCN3)C2)c1. The van der Waals surface area contributed by atoms with E-state index in [0.717, 1.165) is 32.2 Å². The van der Waals surface area contributed by atoms with Crippen molar-refractivity contribution < 1.29 is 14.4 Å². The molecule has 2 aliphatic rings. The van der Waals surface area contributed by atoms with Crippen LogP contribution in [0.5, 0.6) is 0 Å². The Hall–Kier alpha value is -2.41. The third kappa shape index (κ3) is 4.90. The summed E-state index contributed by atoms with van der Waals surface area (Å²) in [5.74, 6) is 0.154. The Morgan fingerprint density at radius 1 is 1.18 bits per heavy atom. The number of carbonyl (C=O) groups is 3. The van der Waals surface area contributed by atoms with Gasteiger partial charge in [-0.3, -0.25) is 14.4 Å². The van der Waals surface area contributed by atoms with E-state index in [1.807, 2.05) is 4.90 Å². The van der Waals surface area contributed by atoms with Gasteiger partial charge in [-0.15, -0.1) is 0 Å². The fourth-order valence-electron chi connectivity index (χ4n) is 3.92. The van der Waals surface area contributed by atoms with E-state index in [1.54, 1.807) is 38.4 Å². The Morgan fingerprint density at radius 2 is 1.96 bits per heavy atom. The van der Waals surface area contributed by atoms with Crippen molar-refractivity contribution in [2.75, 3.05) is 40.3 Å². The minimum Gasteiger partial charge on any atom is -0.354 e. The topological polar surface area (TPSA) is 81.8 Å². The first-order valence-electron chi connectivity index (χ1n) is 10.1. The van der Waals surface area contributed by atoms with E-state index >= 15 is 0 Å². The first kappa shape index (κ1) is 20.3. The highest BCUT2D eigenvalue weighted by Gasteiger charge is 2.27. The van der Waals surface area contributed by atoms with Crippen molar-refractivity contribution in [1.29, 1.82) is 0 Å². The van der Waals surface area contributed by atoms with E-state index in [-0.39, 0.29) is 29.7 Å². The number of piperidine rings is 1. The lowest BCUT2D eigenvalue weighted by Crippen LogP contribution is -2.46. The van der Waals surface area contributed by atoms with Gasteiger partial charge in [-0.05, 0) is 56.3 Å². The fourth-order valence-corrected chi connectivity index (χ4v) is 3.92. The summed E-state index contributed by atoms with van der Waals surface area (Å²) >= 11 is 0. The van der Waals surface area contributed by atoms with Gasteiger partial charge in [-0.25, -0.2) is 0 Å². The van der Waals surface area contributed by atoms with E-state index in [2.05, 4.69) is 10.6 Å². The predicted molar refractivity (Wildman–Crippen MR) is 107 cm³/mol. The molecule has 7 heteroatoms. The normalized spacial score (nSPS) is 22.0. The molecular formula is C21H30N4O3. The van der Waals surface area contributed by atoms with Gasteiger partial charge in [0.15, 0.2) is 0 Å². The standard InChI is InChI=1S/C21H30N4O3/c1-24(2)20(27)16-7-3-8-17(12-16)21(28)25-11-5-6-15(14-25)13-23-19(26)18-9-4-10-22-18/h3,7-8,12,15,18,22H,4-6,9-11,13-14H2,1-2H3,(H,23,26). The molecule has 0 bridgehead atoms. The molecule has 2 fully saturated rings. The van der Waals surface area contributed by atoms with Crippen molar-refractivity contribution in [3.05, 3.63) is 35.4 Å². The summed E-state index contributed by atoms with van der Waals surface area (Å²) in [6.45, 7) is 2.83. The number of amides is 3. The van der Waals surface area contributed by atoms with Gasteiger partial charge in [0, 0.05) is 44.9 Å². The number of carbonyl (C=O) groups excluding carboxylic acids is 3. The Labute approximate surface area is 166 Å². The highest BCUT2D eigenvalue weighted by molar-refractivity contribution is 5.99. The van der Waals surface area contributed by atoms with E-state index in [1.165, 1.54) is 4.90 Å². The van der Waals surface area contributed by atoms with Gasteiger partial charge in [-0.1, -0.05) is 6.07 Å². The monoisotopic (exact) mass is 386 g/mol. The number of nitrogens with zero attached hydrogens (tertiary/aromatic N) is 2. The number of likely N-dealkylation sites (tertiary alicyclic amines) is 1. The summed E-state index contributed by atoms with van der Waals surface area (Å²) in [5, 5.41) is 6.25. The number of nitrogens with one attached hydrogen (secondary N) is 2. The van der Waals surface area contributed by atoms with Crippen LogP contribution in [0.15, 0.2) is 24.3 Å². The molecule has 28 heavy (non-hydrogen) atoms. The third-order valence-corrected chi connectivity index (χ3v) is 5.51. The van der Waals surface area contributed by atoms with Crippen molar-refractivity contribution in [3.63, 3.8) is 0 Å². The number of hydrogen-bond donors (Lipinski definition) is 2. The summed E-state index contributed by atoms with van der Waals surface area (Å²) in [4.78, 5) is 40.6. The summed E-state index contributed by atoms with van der Waals surface area (Å²) in [6.07, 6.45) is 3.86. The van der Waals surface area contributed by atoms with Crippen molar-refractivity contribution in [3.8, 4) is 0 Å². The van der Waals surface area contributed by atoms with Gasteiger partial charge >= 0.3 is 0 Å². The van der Waals surface area contributed by atoms with Crippen LogP contribution in [0.2, 0.25) is 0 Å².